The van der Waals surface area contributed by atoms with E-state index in [0.29, 0.717) is 0 Å². The van der Waals surface area contributed by atoms with Gasteiger partial charge >= 0.3 is 18.3 Å². The molecule has 0 aliphatic heterocycles. The quantitative estimate of drug-likeness (QED) is 0.517. The highest BCUT2D eigenvalue weighted by Gasteiger charge is 2.46. The molecule has 6 heteroatoms. The van der Waals surface area contributed by atoms with Crippen LogP contribution < -0.4 is 0 Å². The second-order valence-corrected chi connectivity index (χ2v) is 1.71. The summed E-state index contributed by atoms with van der Waals surface area (Å²) in [6.07, 6.45) is -4.04. The van der Waals surface area contributed by atoms with E-state index < -0.39 is 23.9 Å². The summed E-state index contributed by atoms with van der Waals surface area (Å²) in [4.78, 5) is 9.74. The number of hydrogen-bond donors (Lipinski definition) is 1. The van der Waals surface area contributed by atoms with E-state index in [0.717, 1.165) is 0 Å². The molecule has 0 unspecified atom stereocenters. The fraction of sp³-hybridized carbons (Fsp3) is 0.400. The summed E-state index contributed by atoms with van der Waals surface area (Å²) in [5.74, 6) is -6.78. The highest BCUT2D eigenvalue weighted by molar-refractivity contribution is 5.87. The van der Waals surface area contributed by atoms with Gasteiger partial charge in [0.1, 0.15) is 5.57 Å². The van der Waals surface area contributed by atoms with Gasteiger partial charge in [0, 0.05) is 0 Å². The average Bonchev–Trinajstić information content (AvgIpc) is 1.85. The molecule has 11 heavy (non-hydrogen) atoms. The SMILES string of the molecule is C=C(C(=O)O)C(F)(F)C(F)F. The molecule has 1 N–H and O–H groups in total. The van der Waals surface area contributed by atoms with Gasteiger partial charge in [-0.15, -0.1) is 0 Å². The van der Waals surface area contributed by atoms with E-state index in [-0.39, 0.29) is 0 Å². The monoisotopic (exact) mass is 172 g/mol. The summed E-state index contributed by atoms with van der Waals surface area (Å²) in [7, 11) is 0. The zero-order valence-electron chi connectivity index (χ0n) is 5.15. The Morgan fingerprint density at radius 1 is 1.45 bits per heavy atom. The van der Waals surface area contributed by atoms with Gasteiger partial charge in [-0.05, 0) is 0 Å². The van der Waals surface area contributed by atoms with E-state index in [1.165, 1.54) is 0 Å². The zero-order chi connectivity index (χ0) is 9.23. The molecule has 0 aliphatic carbocycles. The fourth-order valence-electron chi connectivity index (χ4n) is 0.274. The lowest BCUT2D eigenvalue weighted by Gasteiger charge is -2.13. The van der Waals surface area contributed by atoms with Crippen molar-refractivity contribution in [3.8, 4) is 0 Å². The number of carboxylic acid groups (broad SMARTS) is 1. The molecule has 0 aromatic rings. The highest BCUT2D eigenvalue weighted by atomic mass is 19.3. The van der Waals surface area contributed by atoms with E-state index in [4.69, 9.17) is 5.11 Å². The van der Waals surface area contributed by atoms with Crippen molar-refractivity contribution in [2.75, 3.05) is 0 Å². The topological polar surface area (TPSA) is 37.3 Å². The van der Waals surface area contributed by atoms with Gasteiger partial charge in [-0.2, -0.15) is 8.78 Å². The lowest BCUT2D eigenvalue weighted by atomic mass is 10.1. The minimum Gasteiger partial charge on any atom is -0.478 e. The summed E-state index contributed by atoms with van der Waals surface area (Å²) >= 11 is 0. The van der Waals surface area contributed by atoms with Crippen molar-refractivity contribution in [2.45, 2.75) is 12.3 Å². The Balaban J connectivity index is 4.56. The van der Waals surface area contributed by atoms with Crippen LogP contribution in [0.15, 0.2) is 12.2 Å². The molecule has 0 fully saturated rings. The van der Waals surface area contributed by atoms with Crippen LogP contribution in [0.5, 0.6) is 0 Å². The molecular weight excluding hydrogens is 168 g/mol. The first-order chi connectivity index (χ1) is 4.80. The molecule has 0 amide bonds. The Kier molecular flexibility index (Phi) is 2.61. The van der Waals surface area contributed by atoms with Gasteiger partial charge in [0.25, 0.3) is 0 Å². The first-order valence-corrected chi connectivity index (χ1v) is 2.38. The number of hydrogen-bond acceptors (Lipinski definition) is 1. The van der Waals surface area contributed by atoms with Crippen LogP contribution in [0.3, 0.4) is 0 Å². The normalized spacial score (nSPS) is 11.7. The van der Waals surface area contributed by atoms with Crippen LogP contribution in [0.1, 0.15) is 0 Å². The predicted octanol–water partition coefficient (Wildman–Crippen LogP) is 1.53. The number of alkyl halides is 4. The summed E-state index contributed by atoms with van der Waals surface area (Å²) in [6.45, 7) is 2.32. The minimum atomic E-state index is -4.65. The van der Waals surface area contributed by atoms with Gasteiger partial charge in [-0.25, -0.2) is 13.6 Å². The molecule has 2 nitrogen and oxygen atoms in total. The maximum absolute atomic E-state index is 12.0. The second-order valence-electron chi connectivity index (χ2n) is 1.71. The van der Waals surface area contributed by atoms with Crippen molar-refractivity contribution < 1.29 is 27.5 Å². The van der Waals surface area contributed by atoms with E-state index >= 15 is 0 Å². The van der Waals surface area contributed by atoms with Crippen LogP contribution in [-0.4, -0.2) is 23.4 Å². The summed E-state index contributed by atoms with van der Waals surface area (Å²) < 4.78 is 46.6. The van der Waals surface area contributed by atoms with Crippen molar-refractivity contribution in [3.05, 3.63) is 12.2 Å². The third kappa shape index (κ3) is 1.92. The molecule has 0 saturated heterocycles. The van der Waals surface area contributed by atoms with Crippen molar-refractivity contribution in [1.82, 2.24) is 0 Å². The largest absolute Gasteiger partial charge is 0.478 e. The Bertz CT molecular complexity index is 187. The summed E-state index contributed by atoms with van der Waals surface area (Å²) in [5, 5.41) is 7.85. The molecule has 0 saturated carbocycles. The maximum atomic E-state index is 12.0. The first-order valence-electron chi connectivity index (χ1n) is 2.38. The lowest BCUT2D eigenvalue weighted by Crippen LogP contribution is -2.32. The molecule has 0 heterocycles. The van der Waals surface area contributed by atoms with Gasteiger partial charge < -0.3 is 5.11 Å². The molecular formula is C5H4F4O2. The first kappa shape index (κ1) is 9.93. The Labute approximate surface area is 59.1 Å². The van der Waals surface area contributed by atoms with E-state index in [9.17, 15) is 22.4 Å². The van der Waals surface area contributed by atoms with Gasteiger partial charge in [0.15, 0.2) is 0 Å². The molecule has 0 aromatic carbocycles. The van der Waals surface area contributed by atoms with Crippen LogP contribution in [0.4, 0.5) is 17.6 Å². The smallest absolute Gasteiger partial charge is 0.338 e. The van der Waals surface area contributed by atoms with E-state index in [2.05, 4.69) is 6.58 Å². The zero-order valence-corrected chi connectivity index (χ0v) is 5.15. The van der Waals surface area contributed by atoms with Crippen molar-refractivity contribution >= 4 is 5.97 Å². The van der Waals surface area contributed by atoms with Gasteiger partial charge in [0.05, 0.1) is 0 Å². The van der Waals surface area contributed by atoms with Crippen molar-refractivity contribution in [2.24, 2.45) is 0 Å². The number of aliphatic carboxylic acids is 1. The number of carboxylic acids is 1. The Morgan fingerprint density at radius 3 is 1.91 bits per heavy atom. The van der Waals surface area contributed by atoms with Crippen LogP contribution in [0, 0.1) is 0 Å². The molecule has 0 aromatic heterocycles. The molecule has 0 atom stereocenters. The maximum Gasteiger partial charge on any atom is 0.338 e. The van der Waals surface area contributed by atoms with Crippen LogP contribution in [0.2, 0.25) is 0 Å². The van der Waals surface area contributed by atoms with E-state index in [1.807, 2.05) is 0 Å². The summed E-state index contributed by atoms with van der Waals surface area (Å²) in [6, 6.07) is 0. The molecule has 64 valence electrons. The van der Waals surface area contributed by atoms with Crippen molar-refractivity contribution in [3.63, 3.8) is 0 Å². The molecule has 0 radical (unpaired) electrons. The summed E-state index contributed by atoms with van der Waals surface area (Å²) in [5.41, 5.74) is -1.80. The second kappa shape index (κ2) is 2.89. The van der Waals surface area contributed by atoms with Crippen LogP contribution in [-0.2, 0) is 4.79 Å². The standard InChI is InChI=1S/C5H4F4O2/c1-2(3(10)11)5(8,9)4(6)7/h4H,1H2,(H,10,11). The van der Waals surface area contributed by atoms with Crippen molar-refractivity contribution in [1.29, 1.82) is 0 Å². The van der Waals surface area contributed by atoms with Gasteiger partial charge in [-0.3, -0.25) is 0 Å². The highest BCUT2D eigenvalue weighted by Crippen LogP contribution is 2.29. The number of halogens is 4. The molecule has 0 bridgehead atoms. The average molecular weight is 172 g/mol. The van der Waals surface area contributed by atoms with E-state index in [1.54, 1.807) is 0 Å². The van der Waals surface area contributed by atoms with Crippen LogP contribution in [0.25, 0.3) is 0 Å². The van der Waals surface area contributed by atoms with Gasteiger partial charge in [-0.1, -0.05) is 6.58 Å². The molecule has 0 rings (SSSR count). The minimum absolute atomic E-state index is 1.80. The lowest BCUT2D eigenvalue weighted by molar-refractivity contribution is -0.144. The van der Waals surface area contributed by atoms with Gasteiger partial charge in [0.2, 0.25) is 0 Å². The number of rotatable bonds is 3. The number of carbonyl (C=O) groups is 1. The molecule has 0 aliphatic rings. The third-order valence-electron chi connectivity index (χ3n) is 0.935. The Hall–Kier alpha value is -1.07. The predicted molar refractivity (Wildman–Crippen MR) is 27.7 cm³/mol. The molecule has 0 spiro atoms. The fourth-order valence-corrected chi connectivity index (χ4v) is 0.274. The Morgan fingerprint density at radius 2 is 1.82 bits per heavy atom. The van der Waals surface area contributed by atoms with Crippen LogP contribution >= 0.6 is 0 Å². The third-order valence-corrected chi connectivity index (χ3v) is 0.935.